The fourth-order valence-corrected chi connectivity index (χ4v) is 12.6. The first kappa shape index (κ1) is 46.1. The lowest BCUT2D eigenvalue weighted by Crippen LogP contribution is -2.52. The molecule has 3 aromatic carbocycles. The lowest BCUT2D eigenvalue weighted by atomic mass is 9.56. The molecule has 2 heterocycles. The van der Waals surface area contributed by atoms with Crippen molar-refractivity contribution in [3.8, 4) is 0 Å². The van der Waals surface area contributed by atoms with Crippen molar-refractivity contribution in [2.45, 2.75) is 145 Å². The summed E-state index contributed by atoms with van der Waals surface area (Å²) in [5.74, 6) is 0.408. The molecule has 2 nitrogen and oxygen atoms in total. The second kappa shape index (κ2) is 16.5. The van der Waals surface area contributed by atoms with Gasteiger partial charge in [0.15, 0.2) is 0 Å². The van der Waals surface area contributed by atoms with Crippen molar-refractivity contribution in [1.29, 1.82) is 0 Å². The maximum Gasteiger partial charge on any atom is 0.208 e. The Balaban J connectivity index is 1.41. The summed E-state index contributed by atoms with van der Waals surface area (Å²) < 4.78 is 0. The number of hydrogen-bond acceptors (Lipinski definition) is 3. The van der Waals surface area contributed by atoms with Gasteiger partial charge in [0.25, 0.3) is 0 Å². The van der Waals surface area contributed by atoms with Crippen LogP contribution in [0.3, 0.4) is 0 Å². The minimum absolute atomic E-state index is 0.00580. The molecule has 0 saturated heterocycles. The van der Waals surface area contributed by atoms with Crippen LogP contribution in [0, 0.1) is 29.1 Å². The summed E-state index contributed by atoms with van der Waals surface area (Å²) in [6, 6.07) is 21.4. The zero-order chi connectivity index (χ0) is 46.3. The second-order valence-corrected chi connectivity index (χ2v) is 24.9. The van der Waals surface area contributed by atoms with E-state index in [1.807, 2.05) is 0 Å². The molecule has 2 aliphatic heterocycles. The minimum Gasteiger partial charge on any atom is -0.337 e. The van der Waals surface area contributed by atoms with Gasteiger partial charge in [0.05, 0.1) is 11.7 Å². The number of nitrogens with zero attached hydrogens (tertiary/aromatic N) is 2. The molecule has 0 bridgehead atoms. The van der Waals surface area contributed by atoms with Gasteiger partial charge in [-0.25, -0.2) is 0 Å². The highest BCUT2D eigenvalue weighted by Crippen LogP contribution is 2.64. The molecule has 0 N–H and O–H groups in total. The molecule has 64 heavy (non-hydrogen) atoms. The number of rotatable bonds is 6. The van der Waals surface area contributed by atoms with Crippen LogP contribution in [0.25, 0.3) is 6.08 Å². The summed E-state index contributed by atoms with van der Waals surface area (Å²) in [4.78, 5) is 6.86. The first-order valence-electron chi connectivity index (χ1n) is 24.0. The highest BCUT2D eigenvalue weighted by atomic mass is 32.2. The third-order valence-electron chi connectivity index (χ3n) is 14.9. The van der Waals surface area contributed by atoms with E-state index in [0.29, 0.717) is 11.2 Å². The van der Waals surface area contributed by atoms with E-state index in [2.05, 4.69) is 249 Å². The fourth-order valence-electron chi connectivity index (χ4n) is 10.7. The van der Waals surface area contributed by atoms with Crippen LogP contribution >= 0.6 is 11.8 Å². The summed E-state index contributed by atoms with van der Waals surface area (Å²) in [5.41, 5.74) is 18.4. The van der Waals surface area contributed by atoms with Crippen molar-refractivity contribution in [1.82, 2.24) is 0 Å². The second-order valence-electron chi connectivity index (χ2n) is 23.7. The number of aryl methyl sites for hydroxylation is 1. The first-order valence-corrected chi connectivity index (χ1v) is 24.8. The molecule has 0 spiro atoms. The molecule has 1 saturated carbocycles. The average Bonchev–Trinajstić information content (AvgIpc) is 3.47. The Hall–Kier alpha value is -4.41. The third kappa shape index (κ3) is 8.47. The van der Waals surface area contributed by atoms with Gasteiger partial charge in [-0.15, -0.1) is 11.8 Å². The summed E-state index contributed by atoms with van der Waals surface area (Å²) >= 11 is 2.17. The number of fused-ring (bicyclic) bond motifs is 3. The fraction of sp³-hybridized carbons (Fsp3) is 0.433. The number of anilines is 4. The first-order chi connectivity index (χ1) is 29.9. The van der Waals surface area contributed by atoms with E-state index in [1.54, 1.807) is 0 Å². The molecule has 3 aromatic rings. The van der Waals surface area contributed by atoms with Crippen molar-refractivity contribution in [3.63, 3.8) is 0 Å². The lowest BCUT2D eigenvalue weighted by molar-refractivity contribution is 0.0869. The summed E-state index contributed by atoms with van der Waals surface area (Å²) in [7, 11) is 2.60. The summed E-state index contributed by atoms with van der Waals surface area (Å²) in [6.07, 6.45) is 24.3. The smallest absolute Gasteiger partial charge is 0.208 e. The number of allylic oxidation sites excluding steroid dienone is 10. The molecule has 3 unspecified atom stereocenters. The summed E-state index contributed by atoms with van der Waals surface area (Å²) in [6.45, 7) is 40.0. The molecule has 3 atom stereocenters. The highest BCUT2D eigenvalue weighted by Gasteiger charge is 2.57. The van der Waals surface area contributed by atoms with Crippen LogP contribution in [0.15, 0.2) is 143 Å². The van der Waals surface area contributed by atoms with E-state index < -0.39 is 0 Å². The van der Waals surface area contributed by atoms with Gasteiger partial charge in [-0.2, -0.15) is 0 Å². The van der Waals surface area contributed by atoms with Crippen molar-refractivity contribution in [2.75, 3.05) is 9.80 Å². The molecular formula is C60H74BN2S. The predicted octanol–water partition coefficient (Wildman–Crippen LogP) is 16.3. The van der Waals surface area contributed by atoms with Gasteiger partial charge in [0.1, 0.15) is 0 Å². The van der Waals surface area contributed by atoms with E-state index in [9.17, 15) is 0 Å². The number of hydrogen-bond donors (Lipinski definition) is 0. The maximum absolute atomic E-state index is 4.43. The maximum atomic E-state index is 4.43. The molecule has 0 amide bonds. The Morgan fingerprint density at radius 2 is 1.47 bits per heavy atom. The molecule has 1 fully saturated rings. The van der Waals surface area contributed by atoms with Gasteiger partial charge >= 0.3 is 0 Å². The molecule has 3 aliphatic carbocycles. The number of thioether (sulfide) groups is 1. The van der Waals surface area contributed by atoms with Gasteiger partial charge in [0, 0.05) is 33.9 Å². The van der Waals surface area contributed by atoms with Crippen molar-refractivity contribution >= 4 is 53.3 Å². The SMILES string of the molecule is C=Cc1cc(C(C)(C)C)ccc1N(c1ccc(C(C)(C)C)cc1)c1cc(C)cc2c1[B]C1=C(C3C(S1)C(C)(C)CCC3(C)C)N2C1CC=C(C(C)(C)C)C=C1C1=CC=C/C(=C/C)C=C1. The van der Waals surface area contributed by atoms with Crippen LogP contribution in [0.1, 0.15) is 138 Å². The Labute approximate surface area is 393 Å². The van der Waals surface area contributed by atoms with Gasteiger partial charge in [-0.3, -0.25) is 0 Å². The van der Waals surface area contributed by atoms with Crippen LogP contribution in [0.2, 0.25) is 0 Å². The standard InChI is InChI=1S/C60H74BN2S/c1-17-39-20-19-21-41(23-22-39)46-37-44(58(10,11)12)27-31-48(46)63-50-35-38(3)34-49(52(50)61-55-53(63)51-54(64-55)60(15,16)33-32-59(51,13)14)62(45-28-24-42(25-29-45)56(4,5)6)47-30-26-43(57(7,8)9)36-40(47)18-2/h17-30,34-37,48,51,54H,2,31-33H2,1,3-16H3/b39-17-. The Morgan fingerprint density at radius 1 is 0.797 bits per heavy atom. The van der Waals surface area contributed by atoms with E-state index >= 15 is 0 Å². The Bertz CT molecular complexity index is 2580. The van der Waals surface area contributed by atoms with Crippen LogP contribution in [-0.4, -0.2) is 18.6 Å². The molecule has 333 valence electrons. The summed E-state index contributed by atoms with van der Waals surface area (Å²) in [5, 5.41) is 0.478. The molecular weight excluding hydrogens is 792 g/mol. The zero-order valence-electron chi connectivity index (χ0n) is 41.8. The van der Waals surface area contributed by atoms with Crippen molar-refractivity contribution in [3.05, 3.63) is 165 Å². The normalized spacial score (nSPS) is 23.4. The quantitative estimate of drug-likeness (QED) is 0.228. The van der Waals surface area contributed by atoms with E-state index in [0.717, 1.165) is 23.4 Å². The third-order valence-corrected chi connectivity index (χ3v) is 16.6. The van der Waals surface area contributed by atoms with Crippen molar-refractivity contribution < 1.29 is 0 Å². The van der Waals surface area contributed by atoms with E-state index in [-0.39, 0.29) is 33.1 Å². The van der Waals surface area contributed by atoms with Gasteiger partial charge in [-0.05, 0) is 151 Å². The van der Waals surface area contributed by atoms with Gasteiger partial charge < -0.3 is 9.80 Å². The number of benzene rings is 3. The van der Waals surface area contributed by atoms with Gasteiger partial charge in [-0.1, -0.05) is 169 Å². The van der Waals surface area contributed by atoms with Crippen molar-refractivity contribution in [2.24, 2.45) is 22.2 Å². The zero-order valence-corrected chi connectivity index (χ0v) is 42.6. The van der Waals surface area contributed by atoms with E-state index in [4.69, 9.17) is 0 Å². The van der Waals surface area contributed by atoms with E-state index in [1.165, 1.54) is 79.2 Å². The molecule has 0 aromatic heterocycles. The van der Waals surface area contributed by atoms with Crippen LogP contribution in [-0.2, 0) is 10.8 Å². The highest BCUT2D eigenvalue weighted by molar-refractivity contribution is 8.05. The molecule has 4 heteroatoms. The lowest BCUT2D eigenvalue weighted by Gasteiger charge is -2.53. The molecule has 8 rings (SSSR count). The van der Waals surface area contributed by atoms with Crippen LogP contribution in [0.5, 0.6) is 0 Å². The van der Waals surface area contributed by atoms with Crippen LogP contribution < -0.4 is 15.3 Å². The molecule has 1 radical (unpaired) electrons. The largest absolute Gasteiger partial charge is 0.337 e. The minimum atomic E-state index is 0.00580. The van der Waals surface area contributed by atoms with Gasteiger partial charge in [0.2, 0.25) is 7.28 Å². The molecule has 5 aliphatic rings. The van der Waals surface area contributed by atoms with Crippen LogP contribution in [0.4, 0.5) is 22.7 Å². The Morgan fingerprint density at radius 3 is 2.11 bits per heavy atom. The monoisotopic (exact) mass is 866 g/mol. The Kier molecular flexibility index (Phi) is 11.9. The topological polar surface area (TPSA) is 6.48 Å². The predicted molar refractivity (Wildman–Crippen MR) is 284 cm³/mol. The average molecular weight is 866 g/mol.